The molecule has 1 fully saturated rings. The lowest BCUT2D eigenvalue weighted by molar-refractivity contribution is -0.135. The number of carboxylic acid groups (broad SMARTS) is 1. The molecule has 124 valence electrons. The summed E-state index contributed by atoms with van der Waals surface area (Å²) in [7, 11) is 0. The average Bonchev–Trinajstić information content (AvgIpc) is 3.30. The first-order valence-corrected chi connectivity index (χ1v) is 7.41. The maximum absolute atomic E-state index is 12.1. The van der Waals surface area contributed by atoms with Crippen LogP contribution in [0.3, 0.4) is 0 Å². The van der Waals surface area contributed by atoms with Crippen LogP contribution in [0.5, 0.6) is 0 Å². The van der Waals surface area contributed by atoms with E-state index in [1.165, 1.54) is 12.1 Å². The second-order valence-corrected chi connectivity index (χ2v) is 5.50. The number of rotatable bonds is 6. The summed E-state index contributed by atoms with van der Waals surface area (Å²) in [6.45, 7) is -0.452. The molecule has 8 nitrogen and oxygen atoms in total. The maximum atomic E-state index is 12.1. The molecule has 0 atom stereocenters. The largest absolute Gasteiger partial charge is 0.480 e. The molecule has 24 heavy (non-hydrogen) atoms. The minimum absolute atomic E-state index is 0.139. The topological polar surface area (TPSA) is 122 Å². The molecule has 1 aliphatic carbocycles. The van der Waals surface area contributed by atoms with E-state index in [2.05, 4.69) is 15.8 Å². The minimum Gasteiger partial charge on any atom is -0.480 e. The molecule has 0 saturated heterocycles. The number of aromatic nitrogens is 1. The zero-order valence-corrected chi connectivity index (χ0v) is 12.6. The van der Waals surface area contributed by atoms with Gasteiger partial charge < -0.3 is 20.3 Å². The zero-order valence-electron chi connectivity index (χ0n) is 12.6. The van der Waals surface area contributed by atoms with Gasteiger partial charge in [-0.3, -0.25) is 14.4 Å². The van der Waals surface area contributed by atoms with Crippen LogP contribution in [0.15, 0.2) is 34.9 Å². The predicted octanol–water partition coefficient (Wildman–Crippen LogP) is 1.62. The fourth-order valence-corrected chi connectivity index (χ4v) is 2.12. The van der Waals surface area contributed by atoms with Crippen molar-refractivity contribution in [2.75, 3.05) is 11.9 Å². The average molecular weight is 329 g/mol. The highest BCUT2D eigenvalue weighted by Crippen LogP contribution is 2.39. The molecule has 1 aromatic carbocycles. The third-order valence-electron chi connectivity index (χ3n) is 3.55. The van der Waals surface area contributed by atoms with Crippen molar-refractivity contribution >= 4 is 23.5 Å². The van der Waals surface area contributed by atoms with E-state index in [0.717, 1.165) is 18.5 Å². The van der Waals surface area contributed by atoms with E-state index in [0.29, 0.717) is 17.2 Å². The Balaban J connectivity index is 1.59. The van der Waals surface area contributed by atoms with Crippen LogP contribution in [0, 0.1) is 0 Å². The summed E-state index contributed by atoms with van der Waals surface area (Å²) in [5.74, 6) is -1.50. The van der Waals surface area contributed by atoms with E-state index >= 15 is 0 Å². The SMILES string of the molecule is O=C(O)CNC(=O)c1ccc(NC(=O)c2cc(C3CC3)no2)cc1. The van der Waals surface area contributed by atoms with Crippen molar-refractivity contribution in [1.29, 1.82) is 0 Å². The number of benzene rings is 1. The molecule has 0 spiro atoms. The first-order valence-electron chi connectivity index (χ1n) is 7.41. The summed E-state index contributed by atoms with van der Waals surface area (Å²) in [4.78, 5) is 34.2. The van der Waals surface area contributed by atoms with Gasteiger partial charge in [-0.2, -0.15) is 0 Å². The van der Waals surface area contributed by atoms with Crippen LogP contribution in [0.1, 0.15) is 45.4 Å². The summed E-state index contributed by atoms with van der Waals surface area (Å²) < 4.78 is 5.03. The Labute approximate surface area is 136 Å². The third-order valence-corrected chi connectivity index (χ3v) is 3.55. The van der Waals surface area contributed by atoms with Gasteiger partial charge in [-0.1, -0.05) is 5.16 Å². The number of carbonyl (C=O) groups excluding carboxylic acids is 2. The summed E-state index contributed by atoms with van der Waals surface area (Å²) in [5.41, 5.74) is 1.58. The Kier molecular flexibility index (Phi) is 4.28. The molecule has 0 unspecified atom stereocenters. The van der Waals surface area contributed by atoms with Crippen molar-refractivity contribution in [1.82, 2.24) is 10.5 Å². The van der Waals surface area contributed by atoms with Crippen molar-refractivity contribution < 1.29 is 24.0 Å². The van der Waals surface area contributed by atoms with Gasteiger partial charge in [0, 0.05) is 23.2 Å². The molecule has 8 heteroatoms. The van der Waals surface area contributed by atoms with E-state index in [-0.39, 0.29) is 5.76 Å². The number of amides is 2. The Hall–Kier alpha value is -3.16. The maximum Gasteiger partial charge on any atom is 0.322 e. The molecule has 1 aliphatic rings. The van der Waals surface area contributed by atoms with Crippen LogP contribution >= 0.6 is 0 Å². The number of aliphatic carboxylic acids is 1. The van der Waals surface area contributed by atoms with E-state index in [1.54, 1.807) is 18.2 Å². The Morgan fingerprint density at radius 2 is 1.88 bits per heavy atom. The zero-order chi connectivity index (χ0) is 17.1. The van der Waals surface area contributed by atoms with Gasteiger partial charge in [-0.05, 0) is 37.1 Å². The lowest BCUT2D eigenvalue weighted by atomic mass is 10.2. The Morgan fingerprint density at radius 1 is 1.17 bits per heavy atom. The smallest absolute Gasteiger partial charge is 0.322 e. The van der Waals surface area contributed by atoms with Gasteiger partial charge in [-0.15, -0.1) is 0 Å². The Bertz CT molecular complexity index is 777. The Morgan fingerprint density at radius 3 is 2.50 bits per heavy atom. The highest BCUT2D eigenvalue weighted by Gasteiger charge is 2.28. The molecule has 1 saturated carbocycles. The van der Waals surface area contributed by atoms with Crippen LogP contribution < -0.4 is 10.6 Å². The van der Waals surface area contributed by atoms with Gasteiger partial charge in [0.1, 0.15) is 6.54 Å². The van der Waals surface area contributed by atoms with Crippen LogP contribution in [0.4, 0.5) is 5.69 Å². The quantitative estimate of drug-likeness (QED) is 0.740. The summed E-state index contributed by atoms with van der Waals surface area (Å²) in [5, 5.41) is 17.3. The second-order valence-electron chi connectivity index (χ2n) is 5.50. The first kappa shape index (κ1) is 15.7. The summed E-state index contributed by atoms with van der Waals surface area (Å²) >= 11 is 0. The van der Waals surface area contributed by atoms with Crippen LogP contribution in [0.25, 0.3) is 0 Å². The number of hydrogen-bond acceptors (Lipinski definition) is 5. The predicted molar refractivity (Wildman–Crippen MR) is 82.8 cm³/mol. The number of nitrogens with one attached hydrogen (secondary N) is 2. The van der Waals surface area contributed by atoms with Crippen LogP contribution in [0.2, 0.25) is 0 Å². The molecule has 3 N–H and O–H groups in total. The van der Waals surface area contributed by atoms with E-state index < -0.39 is 24.3 Å². The fraction of sp³-hybridized carbons (Fsp3) is 0.250. The molecule has 3 rings (SSSR count). The van der Waals surface area contributed by atoms with Gasteiger partial charge in [0.25, 0.3) is 11.8 Å². The van der Waals surface area contributed by atoms with E-state index in [9.17, 15) is 14.4 Å². The van der Waals surface area contributed by atoms with Gasteiger partial charge in [0.15, 0.2) is 0 Å². The molecule has 1 aromatic heterocycles. The molecule has 1 heterocycles. The summed E-state index contributed by atoms with van der Waals surface area (Å²) in [6, 6.07) is 7.71. The van der Waals surface area contributed by atoms with Crippen molar-refractivity contribution in [2.24, 2.45) is 0 Å². The van der Waals surface area contributed by atoms with Crippen LogP contribution in [-0.2, 0) is 4.79 Å². The van der Waals surface area contributed by atoms with Gasteiger partial charge in [0.2, 0.25) is 5.76 Å². The molecular weight excluding hydrogens is 314 g/mol. The van der Waals surface area contributed by atoms with Gasteiger partial charge >= 0.3 is 5.97 Å². The monoisotopic (exact) mass is 329 g/mol. The molecule has 0 radical (unpaired) electrons. The molecule has 2 amide bonds. The van der Waals surface area contributed by atoms with Crippen molar-refractivity contribution in [2.45, 2.75) is 18.8 Å². The normalized spacial score (nSPS) is 13.3. The number of hydrogen-bond donors (Lipinski definition) is 3. The van der Waals surface area contributed by atoms with Gasteiger partial charge in [-0.25, -0.2) is 0 Å². The van der Waals surface area contributed by atoms with Crippen molar-refractivity contribution in [3.8, 4) is 0 Å². The van der Waals surface area contributed by atoms with E-state index in [1.807, 2.05) is 0 Å². The van der Waals surface area contributed by atoms with Gasteiger partial charge in [0.05, 0.1) is 5.69 Å². The third kappa shape index (κ3) is 3.78. The molecule has 0 aliphatic heterocycles. The number of carboxylic acids is 1. The molecule has 2 aromatic rings. The number of carbonyl (C=O) groups is 3. The molecular formula is C16H15N3O5. The van der Waals surface area contributed by atoms with E-state index in [4.69, 9.17) is 9.63 Å². The summed E-state index contributed by atoms with van der Waals surface area (Å²) in [6.07, 6.45) is 2.14. The minimum atomic E-state index is -1.12. The number of nitrogens with zero attached hydrogens (tertiary/aromatic N) is 1. The second kappa shape index (κ2) is 6.53. The van der Waals surface area contributed by atoms with Crippen molar-refractivity contribution in [3.63, 3.8) is 0 Å². The standard InChI is InChI=1S/C16H15N3O5/c20-14(21)8-17-15(22)10-3-5-11(6-4-10)18-16(23)13-7-12(19-24-13)9-1-2-9/h3-7,9H,1-2,8H2,(H,17,22)(H,18,23)(H,20,21). The lowest BCUT2D eigenvalue weighted by Crippen LogP contribution is -2.29. The first-order chi connectivity index (χ1) is 11.5. The fourth-order valence-electron chi connectivity index (χ4n) is 2.12. The van der Waals surface area contributed by atoms with Crippen LogP contribution in [-0.4, -0.2) is 34.6 Å². The highest BCUT2D eigenvalue weighted by molar-refractivity contribution is 6.02. The van der Waals surface area contributed by atoms with Crippen molar-refractivity contribution in [3.05, 3.63) is 47.3 Å². The molecule has 0 bridgehead atoms. The highest BCUT2D eigenvalue weighted by atomic mass is 16.5. The number of anilines is 1. The lowest BCUT2D eigenvalue weighted by Gasteiger charge is -2.05.